The van der Waals surface area contributed by atoms with Gasteiger partial charge in [-0.15, -0.1) is 0 Å². The maximum absolute atomic E-state index is 11.6. The molecule has 2 heteroatoms. The molecule has 0 bridgehead atoms. The third kappa shape index (κ3) is 2.20. The van der Waals surface area contributed by atoms with Gasteiger partial charge in [-0.25, -0.2) is 0 Å². The predicted molar refractivity (Wildman–Crippen MR) is 68.6 cm³/mol. The summed E-state index contributed by atoms with van der Waals surface area (Å²) in [5, 5.41) is 10.2. The molecule has 0 heterocycles. The third-order valence-corrected chi connectivity index (χ3v) is 5.10. The molecule has 0 saturated heterocycles. The Morgan fingerprint density at radius 1 is 1.47 bits per heavy atom. The van der Waals surface area contributed by atoms with E-state index in [0.29, 0.717) is 18.3 Å². The summed E-state index contributed by atoms with van der Waals surface area (Å²) in [6.45, 7) is 8.27. The highest BCUT2D eigenvalue weighted by molar-refractivity contribution is 5.92. The minimum Gasteiger partial charge on any atom is -0.390 e. The van der Waals surface area contributed by atoms with Crippen molar-refractivity contribution < 1.29 is 9.90 Å². The Labute approximate surface area is 104 Å². The van der Waals surface area contributed by atoms with E-state index in [1.807, 2.05) is 19.9 Å². The number of hydrogen-bond donors (Lipinski definition) is 1. The smallest absolute Gasteiger partial charge is 0.155 e. The maximum atomic E-state index is 11.6. The van der Waals surface area contributed by atoms with Crippen molar-refractivity contribution in [3.63, 3.8) is 0 Å². The second kappa shape index (κ2) is 3.94. The first-order valence-corrected chi connectivity index (χ1v) is 6.70. The average Bonchev–Trinajstić information content (AvgIpc) is 2.18. The van der Waals surface area contributed by atoms with Crippen molar-refractivity contribution in [2.24, 2.45) is 17.3 Å². The van der Waals surface area contributed by atoms with E-state index in [1.165, 1.54) is 5.57 Å². The van der Waals surface area contributed by atoms with E-state index in [-0.39, 0.29) is 11.2 Å². The van der Waals surface area contributed by atoms with Crippen molar-refractivity contribution in [1.82, 2.24) is 0 Å². The number of ketones is 1. The first kappa shape index (κ1) is 12.8. The largest absolute Gasteiger partial charge is 0.390 e. The molecule has 0 spiro atoms. The van der Waals surface area contributed by atoms with Crippen LogP contribution in [0.2, 0.25) is 0 Å². The summed E-state index contributed by atoms with van der Waals surface area (Å²) in [4.78, 5) is 11.6. The molecule has 0 aromatic carbocycles. The van der Waals surface area contributed by atoms with Gasteiger partial charge >= 0.3 is 0 Å². The Morgan fingerprint density at radius 3 is 2.71 bits per heavy atom. The second-order valence-electron chi connectivity index (χ2n) is 6.75. The Balaban J connectivity index is 2.28. The van der Waals surface area contributed by atoms with Gasteiger partial charge in [-0.1, -0.05) is 19.4 Å². The van der Waals surface area contributed by atoms with Crippen LogP contribution >= 0.6 is 0 Å². The fourth-order valence-corrected chi connectivity index (χ4v) is 3.50. The molecular weight excluding hydrogens is 212 g/mol. The van der Waals surface area contributed by atoms with Gasteiger partial charge < -0.3 is 5.11 Å². The van der Waals surface area contributed by atoms with Crippen molar-refractivity contribution in [3.05, 3.63) is 11.6 Å². The fraction of sp³-hybridized carbons (Fsp3) is 0.800. The Morgan fingerprint density at radius 2 is 2.12 bits per heavy atom. The lowest BCUT2D eigenvalue weighted by molar-refractivity contribution is -0.117. The average molecular weight is 236 g/mol. The van der Waals surface area contributed by atoms with Crippen LogP contribution in [-0.2, 0) is 4.79 Å². The van der Waals surface area contributed by atoms with E-state index in [1.54, 1.807) is 0 Å². The quantitative estimate of drug-likeness (QED) is 0.759. The molecule has 1 saturated carbocycles. The van der Waals surface area contributed by atoms with Gasteiger partial charge in [0.2, 0.25) is 0 Å². The molecular formula is C15H24O2. The topological polar surface area (TPSA) is 37.3 Å². The number of allylic oxidation sites excluding steroid dienone is 2. The van der Waals surface area contributed by atoms with Crippen molar-refractivity contribution in [2.45, 2.75) is 59.0 Å². The summed E-state index contributed by atoms with van der Waals surface area (Å²) < 4.78 is 0. The molecule has 0 aromatic heterocycles. The van der Waals surface area contributed by atoms with Crippen LogP contribution in [-0.4, -0.2) is 16.5 Å². The highest BCUT2D eigenvalue weighted by Crippen LogP contribution is 2.53. The van der Waals surface area contributed by atoms with Crippen molar-refractivity contribution in [2.75, 3.05) is 0 Å². The van der Waals surface area contributed by atoms with Crippen LogP contribution in [0.1, 0.15) is 53.4 Å². The lowest BCUT2D eigenvalue weighted by Crippen LogP contribution is -2.44. The van der Waals surface area contributed by atoms with Crippen molar-refractivity contribution >= 4 is 5.78 Å². The lowest BCUT2D eigenvalue weighted by atomic mass is 9.56. The first-order valence-electron chi connectivity index (χ1n) is 6.70. The summed E-state index contributed by atoms with van der Waals surface area (Å²) in [7, 11) is 0. The molecule has 1 N–H and O–H groups in total. The van der Waals surface area contributed by atoms with Gasteiger partial charge in [0.05, 0.1) is 5.60 Å². The SMILES string of the molecule is C[C@@H]1CC(=O)C=C2CC[C@@H](C(C)(C)O)C[C@]21C. The van der Waals surface area contributed by atoms with Crippen LogP contribution < -0.4 is 0 Å². The van der Waals surface area contributed by atoms with Crippen LogP contribution in [0.15, 0.2) is 11.6 Å². The highest BCUT2D eigenvalue weighted by Gasteiger charge is 2.46. The van der Waals surface area contributed by atoms with Gasteiger partial charge in [0.15, 0.2) is 5.78 Å². The molecule has 0 amide bonds. The van der Waals surface area contributed by atoms with Gasteiger partial charge in [0.25, 0.3) is 0 Å². The van der Waals surface area contributed by atoms with Gasteiger partial charge in [-0.2, -0.15) is 0 Å². The standard InChI is InChI=1S/C15H24O2/c1-10-7-13(16)8-11-5-6-12(14(2,3)17)9-15(10,11)4/h8,10,12,17H,5-7,9H2,1-4H3/t10-,12-,15+/m1/s1. The molecule has 2 nitrogen and oxygen atoms in total. The molecule has 0 unspecified atom stereocenters. The Bertz CT molecular complexity index is 362. The van der Waals surface area contributed by atoms with Crippen LogP contribution in [0.4, 0.5) is 0 Å². The zero-order valence-electron chi connectivity index (χ0n) is 11.4. The number of fused-ring (bicyclic) bond motifs is 1. The fourth-order valence-electron chi connectivity index (χ4n) is 3.50. The highest BCUT2D eigenvalue weighted by atomic mass is 16.3. The van der Waals surface area contributed by atoms with Crippen LogP contribution in [0, 0.1) is 17.3 Å². The maximum Gasteiger partial charge on any atom is 0.155 e. The molecule has 2 aliphatic carbocycles. The molecule has 17 heavy (non-hydrogen) atoms. The number of aliphatic hydroxyl groups is 1. The summed E-state index contributed by atoms with van der Waals surface area (Å²) in [6, 6.07) is 0. The molecule has 3 atom stereocenters. The van der Waals surface area contributed by atoms with E-state index in [4.69, 9.17) is 0 Å². The van der Waals surface area contributed by atoms with E-state index in [9.17, 15) is 9.90 Å². The summed E-state index contributed by atoms with van der Waals surface area (Å²) >= 11 is 0. The molecule has 0 aliphatic heterocycles. The monoisotopic (exact) mass is 236 g/mol. The third-order valence-electron chi connectivity index (χ3n) is 5.10. The summed E-state index contributed by atoms with van der Waals surface area (Å²) in [5.74, 6) is 1.03. The number of carbonyl (C=O) groups is 1. The lowest BCUT2D eigenvalue weighted by Gasteiger charge is -2.49. The number of rotatable bonds is 1. The predicted octanol–water partition coefficient (Wildman–Crippen LogP) is 3.10. The van der Waals surface area contributed by atoms with Gasteiger partial charge in [0.1, 0.15) is 0 Å². The van der Waals surface area contributed by atoms with Crippen molar-refractivity contribution in [3.8, 4) is 0 Å². The first-order chi connectivity index (χ1) is 7.73. The van der Waals surface area contributed by atoms with Gasteiger partial charge in [0, 0.05) is 6.42 Å². The minimum absolute atomic E-state index is 0.122. The normalized spacial score (nSPS) is 38.6. The minimum atomic E-state index is -0.601. The molecule has 1 fully saturated rings. The van der Waals surface area contributed by atoms with Crippen molar-refractivity contribution in [1.29, 1.82) is 0 Å². The molecule has 2 aliphatic rings. The number of carbonyl (C=O) groups excluding carboxylic acids is 1. The Hall–Kier alpha value is -0.630. The molecule has 0 radical (unpaired) electrons. The zero-order valence-corrected chi connectivity index (χ0v) is 11.4. The molecule has 2 rings (SSSR count). The van der Waals surface area contributed by atoms with E-state index in [0.717, 1.165) is 19.3 Å². The molecule has 96 valence electrons. The van der Waals surface area contributed by atoms with E-state index < -0.39 is 5.60 Å². The number of hydrogen-bond acceptors (Lipinski definition) is 2. The summed E-state index contributed by atoms with van der Waals surface area (Å²) in [6.07, 6.45) is 5.53. The van der Waals surface area contributed by atoms with Crippen LogP contribution in [0.5, 0.6) is 0 Å². The van der Waals surface area contributed by atoms with Gasteiger partial charge in [-0.05, 0) is 56.4 Å². The van der Waals surface area contributed by atoms with Crippen LogP contribution in [0.25, 0.3) is 0 Å². The van der Waals surface area contributed by atoms with Crippen LogP contribution in [0.3, 0.4) is 0 Å². The van der Waals surface area contributed by atoms with E-state index >= 15 is 0 Å². The van der Waals surface area contributed by atoms with E-state index in [2.05, 4.69) is 13.8 Å². The molecule has 0 aromatic rings. The second-order valence-corrected chi connectivity index (χ2v) is 6.75. The zero-order chi connectivity index (χ0) is 12.8. The Kier molecular flexibility index (Phi) is 2.97. The summed E-state index contributed by atoms with van der Waals surface area (Å²) in [5.41, 5.74) is 0.841. The van der Waals surface area contributed by atoms with Gasteiger partial charge in [-0.3, -0.25) is 4.79 Å².